The second-order valence-corrected chi connectivity index (χ2v) is 6.36. The molecular weight excluding hydrogens is 236 g/mol. The van der Waals surface area contributed by atoms with Crippen LogP contribution in [-0.2, 0) is 0 Å². The van der Waals surface area contributed by atoms with Crippen molar-refractivity contribution >= 4 is 5.69 Å². The minimum Gasteiger partial charge on any atom is -0.411 e. The minimum absolute atomic E-state index is 0.208. The number of fused-ring (bicyclic) bond motifs is 1. The molecular formula is C16H26N2O. The third-order valence-electron chi connectivity index (χ3n) is 4.26. The molecule has 3 heteroatoms. The highest BCUT2D eigenvalue weighted by Crippen LogP contribution is 2.45. The van der Waals surface area contributed by atoms with Crippen LogP contribution in [0.15, 0.2) is 12.1 Å². The Kier molecular flexibility index (Phi) is 3.77. The molecule has 106 valence electrons. The predicted octanol–water partition coefficient (Wildman–Crippen LogP) is 3.75. The largest absolute Gasteiger partial charge is 0.411 e. The molecule has 1 atom stereocenters. The van der Waals surface area contributed by atoms with E-state index in [9.17, 15) is 0 Å². The maximum atomic E-state index is 5.36. The normalized spacial score (nSPS) is 21.2. The molecule has 1 aromatic carbocycles. The van der Waals surface area contributed by atoms with E-state index in [1.807, 2.05) is 0 Å². The number of benzene rings is 1. The fourth-order valence-electron chi connectivity index (χ4n) is 3.39. The lowest BCUT2D eigenvalue weighted by Crippen LogP contribution is -2.48. The zero-order valence-corrected chi connectivity index (χ0v) is 12.8. The van der Waals surface area contributed by atoms with Gasteiger partial charge < -0.3 is 9.74 Å². The lowest BCUT2D eigenvalue weighted by molar-refractivity contribution is 0.329. The Hall–Kier alpha value is -1.22. The molecule has 1 aromatic rings. The molecule has 0 bridgehead atoms. The van der Waals surface area contributed by atoms with Crippen molar-refractivity contribution in [2.24, 2.45) is 5.90 Å². The van der Waals surface area contributed by atoms with E-state index >= 15 is 0 Å². The average molecular weight is 262 g/mol. The van der Waals surface area contributed by atoms with Crippen LogP contribution in [0.3, 0.4) is 0 Å². The van der Waals surface area contributed by atoms with E-state index in [2.05, 4.69) is 51.7 Å². The Morgan fingerprint density at radius 1 is 1.42 bits per heavy atom. The van der Waals surface area contributed by atoms with Crippen molar-refractivity contribution in [3.8, 4) is 5.75 Å². The van der Waals surface area contributed by atoms with Crippen LogP contribution in [-0.4, -0.2) is 12.1 Å². The van der Waals surface area contributed by atoms with Crippen LogP contribution >= 0.6 is 0 Å². The van der Waals surface area contributed by atoms with Crippen LogP contribution in [0, 0.1) is 6.92 Å². The predicted molar refractivity (Wildman–Crippen MR) is 80.7 cm³/mol. The van der Waals surface area contributed by atoms with Gasteiger partial charge in [-0.3, -0.25) is 0 Å². The number of anilines is 1. The molecule has 0 amide bonds. The summed E-state index contributed by atoms with van der Waals surface area (Å²) >= 11 is 0. The molecule has 0 saturated heterocycles. The SMILES string of the molecule is CCCN1c2cc(C)c(ON)cc2C(C)CC1(C)C. The third kappa shape index (κ3) is 2.44. The molecule has 1 heterocycles. The summed E-state index contributed by atoms with van der Waals surface area (Å²) in [4.78, 5) is 7.53. The zero-order valence-electron chi connectivity index (χ0n) is 12.8. The van der Waals surface area contributed by atoms with Crippen LogP contribution in [0.4, 0.5) is 5.69 Å². The summed E-state index contributed by atoms with van der Waals surface area (Å²) in [5.74, 6) is 6.69. The second kappa shape index (κ2) is 5.04. The van der Waals surface area contributed by atoms with Gasteiger partial charge in [-0.25, -0.2) is 0 Å². The minimum atomic E-state index is 0.208. The van der Waals surface area contributed by atoms with Crippen molar-refractivity contribution in [3.63, 3.8) is 0 Å². The summed E-state index contributed by atoms with van der Waals surface area (Å²) in [6, 6.07) is 4.35. The van der Waals surface area contributed by atoms with Crippen LogP contribution in [0.1, 0.15) is 57.6 Å². The van der Waals surface area contributed by atoms with Crippen molar-refractivity contribution in [1.29, 1.82) is 0 Å². The molecule has 3 nitrogen and oxygen atoms in total. The standard InChI is InChI=1S/C16H26N2O/c1-6-7-18-14-8-11(2)15(19-17)9-13(14)12(3)10-16(18,4)5/h8-9,12H,6-7,10,17H2,1-5H3. The van der Waals surface area contributed by atoms with E-state index in [1.165, 1.54) is 11.3 Å². The van der Waals surface area contributed by atoms with Gasteiger partial charge in [-0.05, 0) is 62.8 Å². The fraction of sp³-hybridized carbons (Fsp3) is 0.625. The third-order valence-corrected chi connectivity index (χ3v) is 4.26. The number of hydrogen-bond acceptors (Lipinski definition) is 3. The molecule has 19 heavy (non-hydrogen) atoms. The van der Waals surface area contributed by atoms with Gasteiger partial charge in [0.05, 0.1) is 0 Å². The number of nitrogens with two attached hydrogens (primary N) is 1. The Morgan fingerprint density at radius 2 is 2.11 bits per heavy atom. The van der Waals surface area contributed by atoms with Gasteiger partial charge in [0, 0.05) is 17.8 Å². The topological polar surface area (TPSA) is 38.5 Å². The van der Waals surface area contributed by atoms with Gasteiger partial charge in [-0.1, -0.05) is 13.8 Å². The second-order valence-electron chi connectivity index (χ2n) is 6.36. The van der Waals surface area contributed by atoms with Gasteiger partial charge in [0.25, 0.3) is 0 Å². The summed E-state index contributed by atoms with van der Waals surface area (Å²) in [7, 11) is 0. The highest BCUT2D eigenvalue weighted by Gasteiger charge is 2.36. The van der Waals surface area contributed by atoms with Crippen molar-refractivity contribution in [2.75, 3.05) is 11.4 Å². The molecule has 1 unspecified atom stereocenters. The molecule has 2 rings (SSSR count). The average Bonchev–Trinajstić information content (AvgIpc) is 2.33. The summed E-state index contributed by atoms with van der Waals surface area (Å²) in [6.45, 7) is 12.3. The quantitative estimate of drug-likeness (QED) is 0.843. The van der Waals surface area contributed by atoms with Gasteiger partial charge in [0.2, 0.25) is 0 Å². The molecule has 0 aromatic heterocycles. The number of aryl methyl sites for hydroxylation is 1. The molecule has 2 N–H and O–H groups in total. The Balaban J connectivity index is 2.55. The lowest BCUT2D eigenvalue weighted by Gasteiger charge is -2.47. The van der Waals surface area contributed by atoms with Crippen LogP contribution in [0.25, 0.3) is 0 Å². The molecule has 1 aliphatic rings. The molecule has 1 aliphatic heterocycles. The first-order valence-electron chi connectivity index (χ1n) is 7.19. The molecule has 0 spiro atoms. The van der Waals surface area contributed by atoms with Crippen molar-refractivity contribution in [2.45, 2.75) is 58.9 Å². The van der Waals surface area contributed by atoms with Crippen molar-refractivity contribution in [3.05, 3.63) is 23.3 Å². The van der Waals surface area contributed by atoms with Gasteiger partial charge in [0.1, 0.15) is 5.75 Å². The number of rotatable bonds is 3. The lowest BCUT2D eigenvalue weighted by atomic mass is 9.79. The van der Waals surface area contributed by atoms with E-state index in [4.69, 9.17) is 10.7 Å². The highest BCUT2D eigenvalue weighted by atomic mass is 16.6. The van der Waals surface area contributed by atoms with Gasteiger partial charge in [-0.15, -0.1) is 0 Å². The number of nitrogens with zero attached hydrogens (tertiary/aromatic N) is 1. The fourth-order valence-corrected chi connectivity index (χ4v) is 3.39. The first-order chi connectivity index (χ1) is 8.90. The molecule has 0 fully saturated rings. The molecule has 0 radical (unpaired) electrons. The van der Waals surface area contributed by atoms with E-state index < -0.39 is 0 Å². The van der Waals surface area contributed by atoms with Gasteiger partial charge in [-0.2, -0.15) is 5.90 Å². The van der Waals surface area contributed by atoms with E-state index in [-0.39, 0.29) is 5.54 Å². The van der Waals surface area contributed by atoms with Crippen LogP contribution in [0.5, 0.6) is 5.75 Å². The Bertz CT molecular complexity index is 468. The zero-order chi connectivity index (χ0) is 14.2. The summed E-state index contributed by atoms with van der Waals surface area (Å²) in [6.07, 6.45) is 2.32. The Labute approximate surface area is 116 Å². The van der Waals surface area contributed by atoms with E-state index in [0.29, 0.717) is 5.92 Å². The summed E-state index contributed by atoms with van der Waals surface area (Å²) in [5, 5.41) is 0. The summed E-state index contributed by atoms with van der Waals surface area (Å²) in [5.41, 5.74) is 4.02. The first kappa shape index (κ1) is 14.2. The van der Waals surface area contributed by atoms with Gasteiger partial charge in [0.15, 0.2) is 0 Å². The van der Waals surface area contributed by atoms with E-state index in [1.54, 1.807) is 0 Å². The highest BCUT2D eigenvalue weighted by molar-refractivity contribution is 5.63. The monoisotopic (exact) mass is 262 g/mol. The van der Waals surface area contributed by atoms with Gasteiger partial charge >= 0.3 is 0 Å². The maximum absolute atomic E-state index is 5.36. The number of hydrogen-bond donors (Lipinski definition) is 1. The Morgan fingerprint density at radius 3 is 2.68 bits per heavy atom. The smallest absolute Gasteiger partial charge is 0.150 e. The van der Waals surface area contributed by atoms with Crippen LogP contribution < -0.4 is 15.6 Å². The molecule has 0 saturated carbocycles. The maximum Gasteiger partial charge on any atom is 0.150 e. The van der Waals surface area contributed by atoms with Crippen molar-refractivity contribution < 1.29 is 4.84 Å². The van der Waals surface area contributed by atoms with Crippen LogP contribution in [0.2, 0.25) is 0 Å². The first-order valence-corrected chi connectivity index (χ1v) is 7.19. The van der Waals surface area contributed by atoms with E-state index in [0.717, 1.165) is 30.7 Å². The molecule has 0 aliphatic carbocycles. The van der Waals surface area contributed by atoms with Crippen molar-refractivity contribution in [1.82, 2.24) is 0 Å². The summed E-state index contributed by atoms with van der Waals surface area (Å²) < 4.78 is 0.